The number of allylic oxidation sites excluding steroid dienone is 1. The van der Waals surface area contributed by atoms with Gasteiger partial charge in [-0.3, -0.25) is 9.69 Å². The van der Waals surface area contributed by atoms with E-state index in [0.717, 1.165) is 4.47 Å². The SMILES string of the molecule is COC(=O)C1=C(C)N(c2ccc(OC)c(OC)c2)C(=O)/C1=C\c1cc(Br)ccc1O. The van der Waals surface area contributed by atoms with Gasteiger partial charge in [-0.25, -0.2) is 4.79 Å². The summed E-state index contributed by atoms with van der Waals surface area (Å²) in [5.41, 5.74) is 1.52. The van der Waals surface area contributed by atoms with Crippen LogP contribution in [-0.2, 0) is 14.3 Å². The van der Waals surface area contributed by atoms with Gasteiger partial charge in [0.15, 0.2) is 11.5 Å². The normalized spacial score (nSPS) is 15.0. The smallest absolute Gasteiger partial charge is 0.340 e. The molecule has 0 fully saturated rings. The third-order valence-corrected chi connectivity index (χ3v) is 5.20. The summed E-state index contributed by atoms with van der Waals surface area (Å²) in [6.45, 7) is 1.66. The molecule has 1 heterocycles. The number of hydrogen-bond acceptors (Lipinski definition) is 6. The van der Waals surface area contributed by atoms with E-state index in [1.54, 1.807) is 37.3 Å². The zero-order chi connectivity index (χ0) is 22.0. The molecule has 0 aromatic heterocycles. The molecule has 1 N–H and O–H groups in total. The zero-order valence-corrected chi connectivity index (χ0v) is 18.4. The van der Waals surface area contributed by atoms with Crippen molar-refractivity contribution in [2.45, 2.75) is 6.92 Å². The van der Waals surface area contributed by atoms with Crippen LogP contribution in [0.5, 0.6) is 17.2 Å². The van der Waals surface area contributed by atoms with Gasteiger partial charge >= 0.3 is 5.97 Å². The third kappa shape index (κ3) is 3.78. The number of anilines is 1. The molecule has 0 aliphatic carbocycles. The highest BCUT2D eigenvalue weighted by molar-refractivity contribution is 9.10. The number of ether oxygens (including phenoxy) is 3. The maximum absolute atomic E-state index is 13.3. The molecule has 156 valence electrons. The first-order chi connectivity index (χ1) is 14.3. The number of esters is 1. The van der Waals surface area contributed by atoms with Crippen LogP contribution in [0.1, 0.15) is 12.5 Å². The van der Waals surface area contributed by atoms with Crippen LogP contribution in [0, 0.1) is 0 Å². The van der Waals surface area contributed by atoms with Gasteiger partial charge in [-0.2, -0.15) is 0 Å². The molecular weight excluding hydrogens is 454 g/mol. The van der Waals surface area contributed by atoms with Crippen LogP contribution in [-0.4, -0.2) is 38.3 Å². The third-order valence-electron chi connectivity index (χ3n) is 4.70. The highest BCUT2D eigenvalue weighted by atomic mass is 79.9. The first-order valence-corrected chi connectivity index (χ1v) is 9.68. The maximum atomic E-state index is 13.3. The Kier molecular flexibility index (Phi) is 6.17. The average molecular weight is 474 g/mol. The van der Waals surface area contributed by atoms with Gasteiger partial charge in [-0.1, -0.05) is 15.9 Å². The van der Waals surface area contributed by atoms with E-state index < -0.39 is 11.9 Å². The number of halogens is 1. The van der Waals surface area contributed by atoms with Gasteiger partial charge in [0.05, 0.1) is 38.2 Å². The van der Waals surface area contributed by atoms with Gasteiger partial charge in [0, 0.05) is 21.8 Å². The summed E-state index contributed by atoms with van der Waals surface area (Å²) in [5.74, 6) is -0.149. The number of hydrogen-bond donors (Lipinski definition) is 1. The molecule has 2 aromatic carbocycles. The average Bonchev–Trinajstić information content (AvgIpc) is 2.99. The number of nitrogens with zero attached hydrogens (tertiary/aromatic N) is 1. The molecule has 2 aromatic rings. The van der Waals surface area contributed by atoms with Crippen molar-refractivity contribution in [3.8, 4) is 17.2 Å². The first kappa shape index (κ1) is 21.4. The molecule has 0 radical (unpaired) electrons. The summed E-state index contributed by atoms with van der Waals surface area (Å²) in [5, 5.41) is 10.2. The molecule has 8 heteroatoms. The van der Waals surface area contributed by atoms with Crippen LogP contribution in [0.15, 0.2) is 57.7 Å². The van der Waals surface area contributed by atoms with E-state index in [0.29, 0.717) is 28.4 Å². The summed E-state index contributed by atoms with van der Waals surface area (Å²) in [4.78, 5) is 27.2. The van der Waals surface area contributed by atoms with Gasteiger partial charge in [-0.05, 0) is 43.3 Å². The van der Waals surface area contributed by atoms with E-state index in [9.17, 15) is 14.7 Å². The Labute approximate surface area is 182 Å². The molecule has 0 unspecified atom stereocenters. The van der Waals surface area contributed by atoms with Crippen molar-refractivity contribution >= 4 is 39.6 Å². The Morgan fingerprint density at radius 1 is 1.07 bits per heavy atom. The Morgan fingerprint density at radius 2 is 1.77 bits per heavy atom. The molecule has 0 atom stereocenters. The molecule has 0 saturated heterocycles. The van der Waals surface area contributed by atoms with Crippen LogP contribution in [0.3, 0.4) is 0 Å². The van der Waals surface area contributed by atoms with Crippen molar-refractivity contribution in [2.75, 3.05) is 26.2 Å². The number of rotatable bonds is 5. The lowest BCUT2D eigenvalue weighted by molar-refractivity contribution is -0.136. The van der Waals surface area contributed by atoms with Crippen LogP contribution < -0.4 is 14.4 Å². The molecule has 30 heavy (non-hydrogen) atoms. The highest BCUT2D eigenvalue weighted by Crippen LogP contribution is 2.39. The Bertz CT molecular complexity index is 1090. The molecule has 0 saturated carbocycles. The van der Waals surface area contributed by atoms with Crippen LogP contribution in [0.2, 0.25) is 0 Å². The Morgan fingerprint density at radius 3 is 2.40 bits per heavy atom. The quantitative estimate of drug-likeness (QED) is 0.520. The van der Waals surface area contributed by atoms with Crippen molar-refractivity contribution in [1.29, 1.82) is 0 Å². The van der Waals surface area contributed by atoms with Crippen LogP contribution >= 0.6 is 15.9 Å². The first-order valence-electron chi connectivity index (χ1n) is 8.88. The molecule has 0 spiro atoms. The minimum Gasteiger partial charge on any atom is -0.507 e. The second-order valence-electron chi connectivity index (χ2n) is 6.39. The fourth-order valence-electron chi connectivity index (χ4n) is 3.25. The second-order valence-corrected chi connectivity index (χ2v) is 7.31. The minimum atomic E-state index is -0.649. The monoisotopic (exact) mass is 473 g/mol. The van der Waals surface area contributed by atoms with Gasteiger partial charge in [0.2, 0.25) is 0 Å². The van der Waals surface area contributed by atoms with Crippen molar-refractivity contribution in [2.24, 2.45) is 0 Å². The van der Waals surface area contributed by atoms with E-state index in [2.05, 4.69) is 15.9 Å². The van der Waals surface area contributed by atoms with Gasteiger partial charge in [0.1, 0.15) is 5.75 Å². The van der Waals surface area contributed by atoms with E-state index >= 15 is 0 Å². The van der Waals surface area contributed by atoms with Gasteiger partial charge < -0.3 is 19.3 Å². The predicted molar refractivity (Wildman–Crippen MR) is 116 cm³/mol. The van der Waals surface area contributed by atoms with Crippen molar-refractivity contribution in [3.05, 3.63) is 63.3 Å². The van der Waals surface area contributed by atoms with E-state index in [4.69, 9.17) is 14.2 Å². The summed E-state index contributed by atoms with van der Waals surface area (Å²) in [7, 11) is 4.27. The Hall–Kier alpha value is -3.26. The lowest BCUT2D eigenvalue weighted by atomic mass is 10.0. The number of methoxy groups -OCH3 is 3. The highest BCUT2D eigenvalue weighted by Gasteiger charge is 2.38. The summed E-state index contributed by atoms with van der Waals surface area (Å²) < 4.78 is 16.2. The fourth-order valence-corrected chi connectivity index (χ4v) is 3.63. The fraction of sp³-hybridized carbons (Fsp3) is 0.182. The van der Waals surface area contributed by atoms with Crippen LogP contribution in [0.25, 0.3) is 6.08 Å². The van der Waals surface area contributed by atoms with Gasteiger partial charge in [-0.15, -0.1) is 0 Å². The lowest BCUT2D eigenvalue weighted by Crippen LogP contribution is -2.24. The molecule has 1 aliphatic rings. The number of benzene rings is 2. The molecule has 3 rings (SSSR count). The zero-order valence-electron chi connectivity index (χ0n) is 16.9. The predicted octanol–water partition coefficient (Wildman–Crippen LogP) is 4.05. The van der Waals surface area contributed by atoms with Gasteiger partial charge in [0.25, 0.3) is 5.91 Å². The molecular formula is C22H20BrNO6. The lowest BCUT2D eigenvalue weighted by Gasteiger charge is -2.19. The number of aromatic hydroxyl groups is 1. The number of carbonyl (C=O) groups is 2. The van der Waals surface area contributed by atoms with E-state index in [1.807, 2.05) is 0 Å². The van der Waals surface area contributed by atoms with E-state index in [1.165, 1.54) is 38.4 Å². The molecule has 0 bridgehead atoms. The molecule has 1 amide bonds. The summed E-state index contributed by atoms with van der Waals surface area (Å²) >= 11 is 3.34. The number of amides is 1. The minimum absolute atomic E-state index is 0.0232. The number of carbonyl (C=O) groups excluding carboxylic acids is 2. The second kappa shape index (κ2) is 8.62. The standard InChI is InChI=1S/C22H20BrNO6/c1-12-20(22(27)30-4)16(10-13-9-14(23)5-7-17(13)25)21(26)24(12)15-6-8-18(28-2)19(11-15)29-3/h5-11,25H,1-4H3/b16-10-. The number of phenols is 1. The topological polar surface area (TPSA) is 85.3 Å². The summed E-state index contributed by atoms with van der Waals surface area (Å²) in [6, 6.07) is 9.83. The van der Waals surface area contributed by atoms with E-state index in [-0.39, 0.29) is 16.9 Å². The molecule has 7 nitrogen and oxygen atoms in total. The Balaban J connectivity index is 2.17. The summed E-state index contributed by atoms with van der Waals surface area (Å²) in [6.07, 6.45) is 1.47. The van der Waals surface area contributed by atoms with Crippen molar-refractivity contribution in [3.63, 3.8) is 0 Å². The largest absolute Gasteiger partial charge is 0.507 e. The van der Waals surface area contributed by atoms with Crippen molar-refractivity contribution in [1.82, 2.24) is 0 Å². The van der Waals surface area contributed by atoms with Crippen molar-refractivity contribution < 1.29 is 28.9 Å². The number of phenolic OH excluding ortho intramolecular Hbond substituents is 1. The van der Waals surface area contributed by atoms with Crippen LogP contribution in [0.4, 0.5) is 5.69 Å². The molecule has 1 aliphatic heterocycles. The maximum Gasteiger partial charge on any atom is 0.340 e.